The van der Waals surface area contributed by atoms with Gasteiger partial charge in [-0.15, -0.1) is 0 Å². The van der Waals surface area contributed by atoms with Crippen LogP contribution in [0.1, 0.15) is 56.3 Å². The van der Waals surface area contributed by atoms with Gasteiger partial charge in [-0.05, 0) is 51.7 Å². The second-order valence-corrected chi connectivity index (χ2v) is 6.75. The molecule has 1 saturated heterocycles. The average molecular weight is 341 g/mol. The van der Waals surface area contributed by atoms with Gasteiger partial charge in [-0.3, -0.25) is 4.79 Å². The number of hydrogen-bond donors (Lipinski definition) is 1. The Kier molecular flexibility index (Phi) is 5.87. The van der Waals surface area contributed by atoms with Gasteiger partial charge in [0.15, 0.2) is 0 Å². The highest BCUT2D eigenvalue weighted by atomic mass is 16.5. The van der Waals surface area contributed by atoms with Crippen LogP contribution in [0.5, 0.6) is 0 Å². The summed E-state index contributed by atoms with van der Waals surface area (Å²) in [6, 6.07) is 9.97. The fraction of sp³-hybridized carbons (Fsp3) is 0.500. The molecule has 0 spiro atoms. The smallest absolute Gasteiger partial charge is 0.220 e. The molecule has 1 aliphatic rings. The molecule has 1 amide bonds. The molecule has 1 N–H and O–H groups in total. The Morgan fingerprint density at radius 3 is 2.88 bits per heavy atom. The lowest BCUT2D eigenvalue weighted by molar-refractivity contribution is -0.122. The number of carbonyl (C=O) groups is 1. The molecule has 2 aromatic rings. The summed E-state index contributed by atoms with van der Waals surface area (Å²) in [5.74, 6) is 0.0773. The standard InChI is InChI=1S/C20H27N3O2/c1-15(22-20(24)12-11-18-10-6-7-13-25-18)19-14-21-23(16(19)2)17-8-4-3-5-9-17/h3-5,8-9,14-15,18H,6-7,10-13H2,1-2H3,(H,22,24). The molecule has 5 heteroatoms. The van der Waals surface area contributed by atoms with Crippen LogP contribution in [0.15, 0.2) is 36.5 Å². The van der Waals surface area contributed by atoms with Crippen molar-refractivity contribution < 1.29 is 9.53 Å². The van der Waals surface area contributed by atoms with E-state index >= 15 is 0 Å². The zero-order valence-corrected chi connectivity index (χ0v) is 15.1. The molecular formula is C20H27N3O2. The van der Waals surface area contributed by atoms with Gasteiger partial charge in [0.2, 0.25) is 5.91 Å². The molecule has 1 aromatic heterocycles. The van der Waals surface area contributed by atoms with Gasteiger partial charge in [-0.1, -0.05) is 18.2 Å². The highest BCUT2D eigenvalue weighted by molar-refractivity contribution is 5.76. The van der Waals surface area contributed by atoms with E-state index in [1.807, 2.05) is 55.1 Å². The summed E-state index contributed by atoms with van der Waals surface area (Å²) in [4.78, 5) is 12.3. The predicted octanol–water partition coefficient (Wildman–Crippen LogP) is 3.71. The number of ether oxygens (including phenoxy) is 1. The van der Waals surface area contributed by atoms with Crippen molar-refractivity contribution in [2.45, 2.75) is 58.1 Å². The van der Waals surface area contributed by atoms with Crippen molar-refractivity contribution in [2.75, 3.05) is 6.61 Å². The van der Waals surface area contributed by atoms with E-state index in [1.165, 1.54) is 6.42 Å². The fourth-order valence-corrected chi connectivity index (χ4v) is 3.40. The predicted molar refractivity (Wildman–Crippen MR) is 97.7 cm³/mol. The first-order valence-electron chi connectivity index (χ1n) is 9.16. The van der Waals surface area contributed by atoms with Crippen LogP contribution in [0.2, 0.25) is 0 Å². The van der Waals surface area contributed by atoms with E-state index in [1.54, 1.807) is 0 Å². The van der Waals surface area contributed by atoms with Crippen LogP contribution in [0.4, 0.5) is 0 Å². The van der Waals surface area contributed by atoms with Crippen LogP contribution >= 0.6 is 0 Å². The first kappa shape index (κ1) is 17.7. The first-order valence-corrected chi connectivity index (χ1v) is 9.16. The molecule has 1 aliphatic heterocycles. The van der Waals surface area contributed by atoms with E-state index in [4.69, 9.17) is 4.74 Å². The maximum Gasteiger partial charge on any atom is 0.220 e. The van der Waals surface area contributed by atoms with E-state index < -0.39 is 0 Å². The van der Waals surface area contributed by atoms with Crippen molar-refractivity contribution in [3.05, 3.63) is 47.8 Å². The number of amides is 1. The summed E-state index contributed by atoms with van der Waals surface area (Å²) in [5, 5.41) is 7.57. The van der Waals surface area contributed by atoms with Crippen LogP contribution in [-0.2, 0) is 9.53 Å². The molecule has 3 rings (SSSR count). The van der Waals surface area contributed by atoms with Crippen molar-refractivity contribution in [1.29, 1.82) is 0 Å². The maximum absolute atomic E-state index is 12.3. The van der Waals surface area contributed by atoms with Crippen molar-refractivity contribution in [3.63, 3.8) is 0 Å². The Bertz CT molecular complexity index is 690. The molecule has 5 nitrogen and oxygen atoms in total. The zero-order chi connectivity index (χ0) is 17.6. The molecular weight excluding hydrogens is 314 g/mol. The molecule has 2 unspecified atom stereocenters. The minimum absolute atomic E-state index is 0.0581. The van der Waals surface area contributed by atoms with Crippen LogP contribution < -0.4 is 5.32 Å². The molecule has 2 heterocycles. The van der Waals surface area contributed by atoms with E-state index in [-0.39, 0.29) is 18.1 Å². The first-order chi connectivity index (χ1) is 12.1. The normalized spacial score (nSPS) is 18.7. The highest BCUT2D eigenvalue weighted by Crippen LogP contribution is 2.21. The summed E-state index contributed by atoms with van der Waals surface area (Å²) in [6.07, 6.45) is 6.84. The molecule has 0 aliphatic carbocycles. The molecule has 1 fully saturated rings. The van der Waals surface area contributed by atoms with Crippen LogP contribution in [0.25, 0.3) is 5.69 Å². The topological polar surface area (TPSA) is 56.1 Å². The van der Waals surface area contributed by atoms with Gasteiger partial charge in [0.1, 0.15) is 0 Å². The second-order valence-electron chi connectivity index (χ2n) is 6.75. The fourth-order valence-electron chi connectivity index (χ4n) is 3.40. The van der Waals surface area contributed by atoms with Crippen molar-refractivity contribution >= 4 is 5.91 Å². The van der Waals surface area contributed by atoms with Gasteiger partial charge < -0.3 is 10.1 Å². The number of nitrogens with one attached hydrogen (secondary N) is 1. The largest absolute Gasteiger partial charge is 0.378 e. The van der Waals surface area contributed by atoms with Gasteiger partial charge in [-0.2, -0.15) is 5.10 Å². The Balaban J connectivity index is 1.57. The number of rotatable bonds is 6. The number of hydrogen-bond acceptors (Lipinski definition) is 3. The summed E-state index contributed by atoms with van der Waals surface area (Å²) in [7, 11) is 0. The summed E-state index contributed by atoms with van der Waals surface area (Å²) < 4.78 is 7.61. The highest BCUT2D eigenvalue weighted by Gasteiger charge is 2.18. The van der Waals surface area contributed by atoms with Crippen molar-refractivity contribution in [3.8, 4) is 5.69 Å². The molecule has 0 bridgehead atoms. The molecule has 134 valence electrons. The van der Waals surface area contributed by atoms with Crippen LogP contribution in [0.3, 0.4) is 0 Å². The SMILES string of the molecule is Cc1c(C(C)NC(=O)CCC2CCCCO2)cnn1-c1ccccc1. The van der Waals surface area contributed by atoms with Crippen LogP contribution in [0, 0.1) is 6.92 Å². The monoisotopic (exact) mass is 341 g/mol. The zero-order valence-electron chi connectivity index (χ0n) is 15.1. The lowest BCUT2D eigenvalue weighted by atomic mass is 10.0. The summed E-state index contributed by atoms with van der Waals surface area (Å²) in [6.45, 7) is 4.88. The Hall–Kier alpha value is -2.14. The Morgan fingerprint density at radius 1 is 1.36 bits per heavy atom. The molecule has 1 aromatic carbocycles. The molecule has 25 heavy (non-hydrogen) atoms. The minimum Gasteiger partial charge on any atom is -0.378 e. The number of nitrogens with zero attached hydrogens (tertiary/aromatic N) is 2. The third kappa shape index (κ3) is 4.48. The van der Waals surface area contributed by atoms with Gasteiger partial charge in [-0.25, -0.2) is 4.68 Å². The minimum atomic E-state index is -0.0581. The third-order valence-corrected chi connectivity index (χ3v) is 4.86. The van der Waals surface area contributed by atoms with E-state index in [0.717, 1.165) is 42.8 Å². The number of aromatic nitrogens is 2. The maximum atomic E-state index is 12.3. The third-order valence-electron chi connectivity index (χ3n) is 4.86. The summed E-state index contributed by atoms with van der Waals surface area (Å²) in [5.41, 5.74) is 3.12. The van der Waals surface area contributed by atoms with Crippen LogP contribution in [-0.4, -0.2) is 28.4 Å². The number of para-hydroxylation sites is 1. The number of benzene rings is 1. The molecule has 0 saturated carbocycles. The van der Waals surface area contributed by atoms with Crippen molar-refractivity contribution in [1.82, 2.24) is 15.1 Å². The van der Waals surface area contributed by atoms with Gasteiger partial charge in [0.25, 0.3) is 0 Å². The van der Waals surface area contributed by atoms with E-state index in [0.29, 0.717) is 6.42 Å². The van der Waals surface area contributed by atoms with E-state index in [9.17, 15) is 4.79 Å². The average Bonchev–Trinajstić information content (AvgIpc) is 3.03. The van der Waals surface area contributed by atoms with Crippen molar-refractivity contribution in [2.24, 2.45) is 0 Å². The van der Waals surface area contributed by atoms with Gasteiger partial charge in [0, 0.05) is 24.3 Å². The van der Waals surface area contributed by atoms with Gasteiger partial charge >= 0.3 is 0 Å². The van der Waals surface area contributed by atoms with E-state index in [2.05, 4.69) is 10.4 Å². The quantitative estimate of drug-likeness (QED) is 0.871. The molecule has 2 atom stereocenters. The lowest BCUT2D eigenvalue weighted by Gasteiger charge is -2.22. The Labute approximate surface area is 149 Å². The Morgan fingerprint density at radius 2 is 2.16 bits per heavy atom. The summed E-state index contributed by atoms with van der Waals surface area (Å²) >= 11 is 0. The number of carbonyl (C=O) groups excluding carboxylic acids is 1. The molecule has 0 radical (unpaired) electrons. The lowest BCUT2D eigenvalue weighted by Crippen LogP contribution is -2.28. The van der Waals surface area contributed by atoms with Gasteiger partial charge in [0.05, 0.1) is 24.0 Å². The second kappa shape index (κ2) is 8.30.